The third-order valence-electron chi connectivity index (χ3n) is 8.22. The minimum Gasteiger partial charge on any atom is -0.308 e. The highest BCUT2D eigenvalue weighted by Crippen LogP contribution is 2.50. The van der Waals surface area contributed by atoms with Crippen molar-refractivity contribution in [1.82, 2.24) is 4.40 Å². The van der Waals surface area contributed by atoms with Crippen molar-refractivity contribution < 1.29 is 4.79 Å². The Morgan fingerprint density at radius 1 is 0.415 bits per heavy atom. The summed E-state index contributed by atoms with van der Waals surface area (Å²) in [6, 6.07) is 50.9. The van der Waals surface area contributed by atoms with E-state index >= 15 is 0 Å². The van der Waals surface area contributed by atoms with Crippen LogP contribution in [0, 0.1) is 0 Å². The number of aldehydes is 1. The number of benzene rings is 5. The Kier molecular flexibility index (Phi) is 5.33. The second kappa shape index (κ2) is 9.32. The average molecular weight is 524 g/mol. The van der Waals surface area contributed by atoms with E-state index in [1.165, 1.54) is 11.1 Å². The molecule has 0 bridgehead atoms. The fourth-order valence-corrected chi connectivity index (χ4v) is 6.58. The van der Waals surface area contributed by atoms with Gasteiger partial charge in [-0.05, 0) is 34.4 Å². The van der Waals surface area contributed by atoms with Crippen molar-refractivity contribution in [3.05, 3.63) is 151 Å². The molecule has 0 saturated carbocycles. The molecule has 0 unspecified atom stereocenters. The smallest absolute Gasteiger partial charge is 0.150 e. The quantitative estimate of drug-likeness (QED) is 0.206. The normalized spacial score (nSPS) is 11.5. The first-order chi connectivity index (χ1) is 20.3. The first-order valence-corrected chi connectivity index (χ1v) is 13.9. The Balaban J connectivity index is 1.69. The summed E-state index contributed by atoms with van der Waals surface area (Å²) >= 11 is 0. The van der Waals surface area contributed by atoms with Gasteiger partial charge in [0.15, 0.2) is 6.29 Å². The summed E-state index contributed by atoms with van der Waals surface area (Å²) in [5.74, 6) is 0. The van der Waals surface area contributed by atoms with E-state index in [2.05, 4.69) is 132 Å². The fourth-order valence-electron chi connectivity index (χ4n) is 6.58. The van der Waals surface area contributed by atoms with Gasteiger partial charge in [0, 0.05) is 38.6 Å². The Bertz CT molecular complexity index is 2160. The lowest BCUT2D eigenvalue weighted by molar-refractivity contribution is 0.112. The molecule has 41 heavy (non-hydrogen) atoms. The predicted octanol–water partition coefficient (Wildman–Crippen LogP) is 10.2. The Labute approximate surface area is 238 Å². The van der Waals surface area contributed by atoms with Gasteiger partial charge in [-0.2, -0.15) is 0 Å². The van der Waals surface area contributed by atoms with E-state index in [1.807, 2.05) is 18.2 Å². The van der Waals surface area contributed by atoms with Gasteiger partial charge in [-0.25, -0.2) is 0 Å². The largest absolute Gasteiger partial charge is 0.308 e. The zero-order chi connectivity index (χ0) is 27.3. The van der Waals surface area contributed by atoms with Gasteiger partial charge in [0.05, 0.1) is 16.6 Å². The third-order valence-corrected chi connectivity index (χ3v) is 8.22. The highest BCUT2D eigenvalue weighted by Gasteiger charge is 2.26. The highest BCUT2D eigenvalue weighted by molar-refractivity contribution is 6.23. The molecular formula is C39H25NO. The summed E-state index contributed by atoms with van der Waals surface area (Å²) in [6.45, 7) is 0. The lowest BCUT2D eigenvalue weighted by Crippen LogP contribution is -2.03. The molecule has 0 atom stereocenters. The monoisotopic (exact) mass is 523 g/mol. The molecule has 2 nitrogen and oxygen atoms in total. The minimum atomic E-state index is 0.692. The van der Waals surface area contributed by atoms with Crippen LogP contribution < -0.4 is 0 Å². The molecule has 0 N–H and O–H groups in total. The van der Waals surface area contributed by atoms with E-state index in [-0.39, 0.29) is 0 Å². The van der Waals surface area contributed by atoms with Crippen LogP contribution in [-0.2, 0) is 0 Å². The zero-order valence-electron chi connectivity index (χ0n) is 22.3. The molecule has 3 heterocycles. The van der Waals surface area contributed by atoms with Crippen molar-refractivity contribution in [2.24, 2.45) is 0 Å². The molecule has 8 rings (SSSR count). The molecule has 0 radical (unpaired) electrons. The molecule has 0 saturated heterocycles. The molecule has 0 aliphatic carbocycles. The first kappa shape index (κ1) is 23.4. The Morgan fingerprint density at radius 2 is 0.829 bits per heavy atom. The molecule has 0 aliphatic heterocycles. The lowest BCUT2D eigenvalue weighted by Gasteiger charge is -2.24. The molecule has 8 aromatic rings. The Hall–Kier alpha value is -5.47. The van der Waals surface area contributed by atoms with Crippen molar-refractivity contribution in [1.29, 1.82) is 0 Å². The van der Waals surface area contributed by atoms with E-state index in [4.69, 9.17) is 0 Å². The summed E-state index contributed by atoms with van der Waals surface area (Å²) in [7, 11) is 0. The van der Waals surface area contributed by atoms with E-state index in [0.29, 0.717) is 5.56 Å². The maximum Gasteiger partial charge on any atom is 0.150 e. The number of carbonyl (C=O) groups excluding carboxylic acids is 1. The number of hydrogen-bond donors (Lipinski definition) is 0. The highest BCUT2D eigenvalue weighted by atomic mass is 16.1. The first-order valence-electron chi connectivity index (χ1n) is 13.9. The standard InChI is InChI=1S/C39H25NO/c41-25-30-21-22-31-34(26-13-5-1-6-14-26)35(27-15-7-2-8-16-27)32-23-24-33-36(28-17-9-3-10-18-28)37(29-19-11-4-12-20-29)38(30)39(31)40(32)33/h1-25H. The van der Waals surface area contributed by atoms with Gasteiger partial charge < -0.3 is 4.40 Å². The topological polar surface area (TPSA) is 21.5 Å². The molecule has 3 aromatic heterocycles. The van der Waals surface area contributed by atoms with Gasteiger partial charge in [-0.15, -0.1) is 0 Å². The van der Waals surface area contributed by atoms with Crippen LogP contribution in [0.5, 0.6) is 0 Å². The van der Waals surface area contributed by atoms with Gasteiger partial charge in [-0.3, -0.25) is 4.79 Å². The van der Waals surface area contributed by atoms with Gasteiger partial charge in [0.25, 0.3) is 0 Å². The number of pyridine rings is 2. The van der Waals surface area contributed by atoms with Crippen molar-refractivity contribution in [2.75, 3.05) is 0 Å². The van der Waals surface area contributed by atoms with E-state index in [9.17, 15) is 4.79 Å². The van der Waals surface area contributed by atoms with Gasteiger partial charge in [-0.1, -0.05) is 133 Å². The average Bonchev–Trinajstić information content (AvgIpc) is 3.49. The van der Waals surface area contributed by atoms with E-state index < -0.39 is 0 Å². The maximum absolute atomic E-state index is 12.8. The summed E-state index contributed by atoms with van der Waals surface area (Å²) < 4.78 is 2.39. The molecule has 0 spiro atoms. The van der Waals surface area contributed by atoms with Crippen LogP contribution in [0.4, 0.5) is 0 Å². The van der Waals surface area contributed by atoms with Crippen LogP contribution in [0.3, 0.4) is 0 Å². The van der Waals surface area contributed by atoms with Crippen LogP contribution in [-0.4, -0.2) is 10.7 Å². The minimum absolute atomic E-state index is 0.692. The van der Waals surface area contributed by atoms with Crippen LogP contribution in [0.1, 0.15) is 10.4 Å². The van der Waals surface area contributed by atoms with Gasteiger partial charge in [0.1, 0.15) is 0 Å². The molecule has 0 fully saturated rings. The molecule has 2 heteroatoms. The number of nitrogens with zero attached hydrogens (tertiary/aromatic N) is 1. The van der Waals surface area contributed by atoms with Crippen molar-refractivity contribution >= 4 is 33.6 Å². The van der Waals surface area contributed by atoms with Crippen molar-refractivity contribution in [2.45, 2.75) is 0 Å². The second-order valence-corrected chi connectivity index (χ2v) is 10.4. The molecule has 0 amide bonds. The third kappa shape index (κ3) is 3.48. The molecule has 192 valence electrons. The number of aromatic nitrogens is 1. The number of rotatable bonds is 5. The second-order valence-electron chi connectivity index (χ2n) is 10.4. The zero-order valence-corrected chi connectivity index (χ0v) is 22.3. The summed E-state index contributed by atoms with van der Waals surface area (Å²) in [4.78, 5) is 12.8. The number of carbonyl (C=O) groups is 1. The summed E-state index contributed by atoms with van der Waals surface area (Å²) in [6.07, 6.45) is 1.01. The molecule has 5 aromatic carbocycles. The van der Waals surface area contributed by atoms with Crippen LogP contribution in [0.25, 0.3) is 71.8 Å². The van der Waals surface area contributed by atoms with Gasteiger partial charge >= 0.3 is 0 Å². The van der Waals surface area contributed by atoms with Crippen LogP contribution >= 0.6 is 0 Å². The van der Waals surface area contributed by atoms with Crippen molar-refractivity contribution in [3.8, 4) is 44.5 Å². The van der Waals surface area contributed by atoms with Gasteiger partial charge in [0.2, 0.25) is 0 Å². The molecule has 0 aliphatic rings. The summed E-state index contributed by atoms with van der Waals surface area (Å²) in [5, 5.41) is 2.11. The predicted molar refractivity (Wildman–Crippen MR) is 171 cm³/mol. The van der Waals surface area contributed by atoms with E-state index in [0.717, 1.165) is 67.0 Å². The SMILES string of the molecule is O=Cc1ccc2c(-c3ccccc3)c(-c3ccccc3)c3ccc4c(-c5ccccc5)c(-c5ccccc5)c1c2n34. The Morgan fingerprint density at radius 3 is 1.29 bits per heavy atom. The maximum atomic E-state index is 12.8. The summed E-state index contributed by atoms with van der Waals surface area (Å²) in [5.41, 5.74) is 13.1. The molecular weight excluding hydrogens is 498 g/mol. The van der Waals surface area contributed by atoms with E-state index in [1.54, 1.807) is 0 Å². The lowest BCUT2D eigenvalue weighted by atomic mass is 9.85. The fraction of sp³-hybridized carbons (Fsp3) is 0. The van der Waals surface area contributed by atoms with Crippen molar-refractivity contribution in [3.63, 3.8) is 0 Å². The van der Waals surface area contributed by atoms with Crippen LogP contribution in [0.15, 0.2) is 146 Å². The van der Waals surface area contributed by atoms with Crippen LogP contribution in [0.2, 0.25) is 0 Å². The number of hydrogen-bond acceptors (Lipinski definition) is 1.